The van der Waals surface area contributed by atoms with Gasteiger partial charge in [0.25, 0.3) is 0 Å². The molecule has 2 heterocycles. The molecule has 0 saturated carbocycles. The highest BCUT2D eigenvalue weighted by Crippen LogP contribution is 2.33. The van der Waals surface area contributed by atoms with E-state index in [-0.39, 0.29) is 55.1 Å². The molecule has 2 aliphatic heterocycles. The third-order valence-corrected chi connectivity index (χ3v) is 10.0. The fourth-order valence-corrected chi connectivity index (χ4v) is 7.11. The first kappa shape index (κ1) is 39.6. The largest absolute Gasteiger partial charge is 0.503 e. The van der Waals surface area contributed by atoms with E-state index in [0.29, 0.717) is 17.5 Å². The molecule has 0 unspecified atom stereocenters. The molecule has 0 fully saturated rings. The summed E-state index contributed by atoms with van der Waals surface area (Å²) in [6.45, 7) is 4.54. The smallest absolute Gasteiger partial charge is 0.464 e. The number of benzene rings is 2. The van der Waals surface area contributed by atoms with Gasteiger partial charge in [0, 0.05) is 45.2 Å². The maximum Gasteiger partial charge on any atom is 0.503 e. The lowest BCUT2D eigenvalue weighted by atomic mass is 9.91. The van der Waals surface area contributed by atoms with Gasteiger partial charge in [0.1, 0.15) is 17.9 Å². The Morgan fingerprint density at radius 1 is 1.14 bits per heavy atom. The van der Waals surface area contributed by atoms with Crippen LogP contribution in [0, 0.1) is 5.41 Å². The zero-order valence-electron chi connectivity index (χ0n) is 28.9. The van der Waals surface area contributed by atoms with Crippen molar-refractivity contribution in [3.63, 3.8) is 0 Å². The molecule has 0 spiro atoms. The Hall–Kier alpha value is -4.80. The number of likely N-dealkylation sites (N-methyl/N-ethyl adjacent to an activating group) is 1. The molecule has 0 aromatic heterocycles. The average Bonchev–Trinajstić information content (AvgIpc) is 3.05. The predicted octanol–water partition coefficient (Wildman–Crippen LogP) is 2.20. The molecule has 2 aromatic rings. The first-order valence-corrected chi connectivity index (χ1v) is 17.5. The van der Waals surface area contributed by atoms with Gasteiger partial charge in [-0.3, -0.25) is 19.9 Å². The molecule has 2 aliphatic rings. The summed E-state index contributed by atoms with van der Waals surface area (Å²) in [5, 5.41) is 21.8. The zero-order valence-corrected chi connectivity index (χ0v) is 29.7. The lowest BCUT2D eigenvalue weighted by Gasteiger charge is -2.36. The second-order valence-corrected chi connectivity index (χ2v) is 14.1. The first-order valence-electron chi connectivity index (χ1n) is 16.0. The van der Waals surface area contributed by atoms with Gasteiger partial charge >= 0.3 is 12.1 Å². The van der Waals surface area contributed by atoms with Crippen molar-refractivity contribution in [2.75, 3.05) is 40.8 Å². The van der Waals surface area contributed by atoms with E-state index in [1.54, 1.807) is 57.4 Å². The van der Waals surface area contributed by atoms with Crippen molar-refractivity contribution in [1.29, 1.82) is 5.41 Å². The normalized spacial score (nSPS) is 18.0. The number of esters is 1. The van der Waals surface area contributed by atoms with Crippen molar-refractivity contribution in [2.24, 2.45) is 5.73 Å². The van der Waals surface area contributed by atoms with E-state index in [9.17, 15) is 22.8 Å². The average molecular weight is 715 g/mol. The lowest BCUT2D eigenvalue weighted by Crippen LogP contribution is -2.56. The van der Waals surface area contributed by atoms with Crippen LogP contribution in [0.4, 0.5) is 4.79 Å². The van der Waals surface area contributed by atoms with E-state index in [1.807, 2.05) is 24.9 Å². The minimum atomic E-state index is -4.28. The quantitative estimate of drug-likeness (QED) is 0.0982. The molecule has 3 atom stereocenters. The number of fused-ring (bicyclic) bond motifs is 1. The highest BCUT2D eigenvalue weighted by molar-refractivity contribution is 7.89. The van der Waals surface area contributed by atoms with E-state index < -0.39 is 40.1 Å². The summed E-state index contributed by atoms with van der Waals surface area (Å²) >= 11 is 0. The molecule has 50 heavy (non-hydrogen) atoms. The van der Waals surface area contributed by atoms with Gasteiger partial charge in [-0.15, -0.1) is 0 Å². The SMILES string of the molecule is CCOC(=O)[C@H]1CC(C)=CCN1C(=O)[C@H](Cc1cccc(C(=N)N)c1)NS(=O)(=O)c1ccc2c(c1)[C@@H](CC(=O)N(C)C)N(C)CC2.O=C(O)O. The maximum absolute atomic E-state index is 14.2. The molecule has 0 radical (unpaired) electrons. The minimum absolute atomic E-state index is 0.0320. The van der Waals surface area contributed by atoms with Gasteiger partial charge in [0.15, 0.2) is 0 Å². The number of ether oxygens (including phenoxy) is 1. The molecular weight excluding hydrogens is 668 g/mol. The fraction of sp³-hybridized carbons (Fsp3) is 0.441. The number of nitrogens with zero attached hydrogens (tertiary/aromatic N) is 3. The van der Waals surface area contributed by atoms with Crippen LogP contribution in [0.5, 0.6) is 0 Å². The monoisotopic (exact) mass is 714 g/mol. The molecule has 0 saturated heterocycles. The number of hydrogen-bond acceptors (Lipinski definition) is 9. The van der Waals surface area contributed by atoms with E-state index in [2.05, 4.69) is 4.72 Å². The topological polar surface area (TPSA) is 224 Å². The van der Waals surface area contributed by atoms with Crippen LogP contribution in [0.25, 0.3) is 0 Å². The second-order valence-electron chi connectivity index (χ2n) is 12.4. The Labute approximate surface area is 292 Å². The van der Waals surface area contributed by atoms with Crippen LogP contribution in [0.2, 0.25) is 0 Å². The van der Waals surface area contributed by atoms with Gasteiger partial charge in [-0.25, -0.2) is 18.0 Å². The molecule has 16 heteroatoms. The minimum Gasteiger partial charge on any atom is -0.464 e. The number of hydrogen-bond donors (Lipinski definition) is 5. The zero-order chi connectivity index (χ0) is 37.3. The number of sulfonamides is 1. The van der Waals surface area contributed by atoms with Gasteiger partial charge < -0.3 is 30.5 Å². The van der Waals surface area contributed by atoms with Crippen molar-refractivity contribution in [3.05, 3.63) is 76.4 Å². The van der Waals surface area contributed by atoms with Crippen LogP contribution in [0.3, 0.4) is 0 Å². The highest BCUT2D eigenvalue weighted by atomic mass is 32.2. The number of nitrogens with two attached hydrogens (primary N) is 1. The van der Waals surface area contributed by atoms with Crippen LogP contribution >= 0.6 is 0 Å². The third kappa shape index (κ3) is 10.4. The van der Waals surface area contributed by atoms with Crippen LogP contribution in [0.1, 0.15) is 55.0 Å². The van der Waals surface area contributed by atoms with Gasteiger partial charge in [0.2, 0.25) is 21.8 Å². The lowest BCUT2D eigenvalue weighted by molar-refractivity contribution is -0.155. The van der Waals surface area contributed by atoms with E-state index in [4.69, 9.17) is 30.9 Å². The summed E-state index contributed by atoms with van der Waals surface area (Å²) in [5.41, 5.74) is 9.36. The molecule has 0 bridgehead atoms. The standard InChI is InChI=1S/C33H44N6O6S.CH2O3/c1-6-45-33(42)29-16-21(2)12-15-39(29)32(41)27(18-22-8-7-9-24(17-22)31(34)35)36-46(43,44)25-11-10-23-13-14-38(5)28(26(23)19-25)20-30(40)37(3)4;2-1(3)4/h7-12,17,19,27-29,36H,6,13-16,18,20H2,1-5H3,(H3,34,35);(H2,2,3,4)/t27-,28+,29+;/m0./s1. The predicted molar refractivity (Wildman–Crippen MR) is 185 cm³/mol. The Balaban J connectivity index is 0.00000160. The van der Waals surface area contributed by atoms with Gasteiger partial charge in [-0.2, -0.15) is 4.72 Å². The summed E-state index contributed by atoms with van der Waals surface area (Å²) < 4.78 is 36.0. The van der Waals surface area contributed by atoms with Gasteiger partial charge in [-0.1, -0.05) is 35.9 Å². The number of amides is 2. The molecular formula is C34H46N6O9S. The summed E-state index contributed by atoms with van der Waals surface area (Å²) in [6.07, 6.45) is 1.12. The third-order valence-electron chi connectivity index (χ3n) is 8.56. The molecule has 2 aromatic carbocycles. The van der Waals surface area contributed by atoms with E-state index in [1.165, 1.54) is 15.9 Å². The number of amidine groups is 1. The molecule has 6 N–H and O–H groups in total. The van der Waals surface area contributed by atoms with Crippen LogP contribution in [0.15, 0.2) is 59.0 Å². The Morgan fingerprint density at radius 3 is 2.44 bits per heavy atom. The van der Waals surface area contributed by atoms with E-state index in [0.717, 1.165) is 23.2 Å². The Morgan fingerprint density at radius 2 is 1.82 bits per heavy atom. The van der Waals surface area contributed by atoms with Crippen LogP contribution in [-0.4, -0.2) is 116 Å². The highest BCUT2D eigenvalue weighted by Gasteiger charge is 2.38. The number of nitrogens with one attached hydrogen (secondary N) is 2. The number of nitrogen functional groups attached to an aromatic ring is 1. The second kappa shape index (κ2) is 17.2. The number of carboxylic acid groups (broad SMARTS) is 2. The summed E-state index contributed by atoms with van der Waals surface area (Å²) in [5.74, 6) is -1.37. The molecule has 272 valence electrons. The summed E-state index contributed by atoms with van der Waals surface area (Å²) in [7, 11) is 1.01. The van der Waals surface area contributed by atoms with Crippen molar-refractivity contribution in [3.8, 4) is 0 Å². The van der Waals surface area contributed by atoms with Gasteiger partial charge in [-0.05, 0) is 75.0 Å². The molecule has 0 aliphatic carbocycles. The number of carbonyl (C=O) groups is 4. The van der Waals surface area contributed by atoms with Crippen molar-refractivity contribution >= 4 is 39.8 Å². The maximum atomic E-state index is 14.2. The molecule has 4 rings (SSSR count). The van der Waals surface area contributed by atoms with Crippen LogP contribution < -0.4 is 10.5 Å². The fourth-order valence-electron chi connectivity index (χ4n) is 5.89. The Bertz CT molecular complexity index is 1740. The Kier molecular flexibility index (Phi) is 13.7. The number of rotatable bonds is 11. The summed E-state index contributed by atoms with van der Waals surface area (Å²) in [4.78, 5) is 53.2. The van der Waals surface area contributed by atoms with Crippen molar-refractivity contribution < 1.29 is 42.5 Å². The van der Waals surface area contributed by atoms with Crippen LogP contribution in [-0.2, 0) is 42.0 Å². The summed E-state index contributed by atoms with van der Waals surface area (Å²) in [6, 6.07) is 9.09. The van der Waals surface area contributed by atoms with Crippen molar-refractivity contribution in [2.45, 2.75) is 62.6 Å². The molecule has 2 amide bonds. The van der Waals surface area contributed by atoms with Crippen molar-refractivity contribution in [1.82, 2.24) is 19.4 Å². The molecule has 15 nitrogen and oxygen atoms in total. The first-order chi connectivity index (χ1) is 23.4. The number of carbonyl (C=O) groups excluding carboxylic acids is 3. The van der Waals surface area contributed by atoms with E-state index >= 15 is 0 Å². The van der Waals surface area contributed by atoms with Gasteiger partial charge in [0.05, 0.1) is 11.5 Å².